The third kappa shape index (κ3) is 9.18. The average Bonchev–Trinajstić information content (AvgIpc) is 2.63. The maximum Gasteiger partial charge on any atom is 0.267 e. The number of aromatic nitrogens is 4. The van der Waals surface area contributed by atoms with Gasteiger partial charge in [0.15, 0.2) is 47.7 Å². The number of carbonyl (C=O) groups is 4. The molecule has 2 saturated carbocycles. The first-order valence-electron chi connectivity index (χ1n) is 24.5. The summed E-state index contributed by atoms with van der Waals surface area (Å²) in [5, 5.41) is 51.4. The molecule has 0 bridgehead atoms. The standard InChI is InChI=1S/C44H46Br8N20O9/c45-13-1-17(61-25(13)49)29(73)57-5-9-11(7-59-31(75)19-3-15(47)27(51)63-19)23(41-21(9)43(77)35(67-39(55)71-43)80-33(41)65-37(53)69-41)79-24-12(8-60-32(76)20-4-16(48)28(52)64-20)10(6-58-30(74)18-2-14(46)26(50)62-18)22-42(24)34(66-38(54)70-42)81-36-44(22,78)72-40(56)68-36/h1-4,9-12,21-24,33-36,61-64,77-78H,5-8H2,(H,57,73)(H,58,74)(H,59,75)(H,60,76)(H3,53,65,69)(H3,54,66,70)(H3,55,67,71)(H3,56,68,72)/t9-,10-,11-,12?,21+,22+,23-,24+,33+,34+,35-,36-,41+,42+,43-,44-/m1/s1. The molecule has 4 fully saturated rings. The molecular weight excluding hydrogens is 1590 g/mol. The number of carbonyl (C=O) groups excluding carboxylic acids is 4. The van der Waals surface area contributed by atoms with Crippen LogP contribution in [0, 0.1) is 35.5 Å². The lowest BCUT2D eigenvalue weighted by atomic mass is 9.70. The summed E-state index contributed by atoms with van der Waals surface area (Å²) in [6.45, 7) is -0.919. The lowest BCUT2D eigenvalue weighted by molar-refractivity contribution is -0.265. The Morgan fingerprint density at radius 2 is 0.741 bits per heavy atom. The van der Waals surface area contributed by atoms with E-state index in [2.05, 4.69) is 200 Å². The third-order valence-corrected chi connectivity index (χ3v) is 23.4. The minimum absolute atomic E-state index is 0.128. The van der Waals surface area contributed by atoms with Crippen LogP contribution in [0.2, 0.25) is 0 Å². The number of aliphatic imine (C=N–C) groups is 4. The number of ether oxygens (including phenoxy) is 3. The van der Waals surface area contributed by atoms with Crippen LogP contribution in [0.1, 0.15) is 42.0 Å². The summed E-state index contributed by atoms with van der Waals surface area (Å²) in [5.41, 5.74) is 18.9. The summed E-state index contributed by atoms with van der Waals surface area (Å²) >= 11 is 27.4. The summed E-state index contributed by atoms with van der Waals surface area (Å²) in [4.78, 5) is 87.6. The molecule has 37 heteroatoms. The van der Waals surface area contributed by atoms with Crippen molar-refractivity contribution < 1.29 is 43.6 Å². The number of rotatable bonds is 14. The number of hydrogen-bond donors (Lipinski definition) is 18. The number of halogens is 8. The highest BCUT2D eigenvalue weighted by molar-refractivity contribution is 9.14. The molecule has 4 amide bonds. The molecule has 2 spiro atoms. The Morgan fingerprint density at radius 3 is 1.02 bits per heavy atom. The van der Waals surface area contributed by atoms with Gasteiger partial charge in [-0.2, -0.15) is 0 Å². The maximum atomic E-state index is 14.4. The fourth-order valence-corrected chi connectivity index (χ4v) is 16.0. The van der Waals surface area contributed by atoms with Crippen LogP contribution in [0.25, 0.3) is 0 Å². The van der Waals surface area contributed by atoms with Gasteiger partial charge in [0.25, 0.3) is 23.6 Å². The van der Waals surface area contributed by atoms with E-state index in [4.69, 9.17) is 47.1 Å². The van der Waals surface area contributed by atoms with Crippen molar-refractivity contribution in [3.8, 4) is 0 Å². The summed E-state index contributed by atoms with van der Waals surface area (Å²) in [7, 11) is 0. The van der Waals surface area contributed by atoms with E-state index in [1.165, 1.54) is 0 Å². The van der Waals surface area contributed by atoms with Crippen LogP contribution in [-0.4, -0.2) is 163 Å². The zero-order chi connectivity index (χ0) is 57.6. The Labute approximate surface area is 523 Å². The topological polar surface area (TPSA) is 449 Å². The molecule has 29 nitrogen and oxygen atoms in total. The molecule has 2 saturated heterocycles. The van der Waals surface area contributed by atoms with Crippen molar-refractivity contribution in [3.05, 3.63) is 83.3 Å². The van der Waals surface area contributed by atoms with Gasteiger partial charge in [-0.1, -0.05) is 0 Å². The molecule has 81 heavy (non-hydrogen) atoms. The number of aliphatic hydroxyl groups is 2. The van der Waals surface area contributed by atoms with E-state index in [0.29, 0.717) is 36.3 Å². The van der Waals surface area contributed by atoms with Gasteiger partial charge in [-0.3, -0.25) is 19.2 Å². The first kappa shape index (κ1) is 57.2. The predicted molar refractivity (Wildman–Crippen MR) is 315 cm³/mol. The molecule has 1 unspecified atom stereocenters. The van der Waals surface area contributed by atoms with E-state index >= 15 is 0 Å². The monoisotopic (exact) mass is 1630 g/mol. The molecule has 432 valence electrons. The van der Waals surface area contributed by atoms with Gasteiger partial charge in [0, 0.05) is 49.9 Å². The van der Waals surface area contributed by atoms with Gasteiger partial charge in [0.2, 0.25) is 12.5 Å². The van der Waals surface area contributed by atoms with Gasteiger partial charge in [-0.25, -0.2) is 20.0 Å². The van der Waals surface area contributed by atoms with Gasteiger partial charge in [-0.05, 0) is 164 Å². The highest BCUT2D eigenvalue weighted by Gasteiger charge is 2.81. The zero-order valence-electron chi connectivity index (χ0n) is 40.9. The number of fused-ring (bicyclic) bond motifs is 4. The van der Waals surface area contributed by atoms with Crippen LogP contribution >= 0.6 is 127 Å². The minimum Gasteiger partial charge on any atom is -0.370 e. The van der Waals surface area contributed by atoms with Crippen LogP contribution < -0.4 is 65.5 Å². The quantitative estimate of drug-likeness (QED) is 0.0817. The summed E-state index contributed by atoms with van der Waals surface area (Å²) in [6.07, 6.45) is -8.21. The number of amides is 4. The van der Waals surface area contributed by atoms with Crippen molar-refractivity contribution in [2.24, 2.45) is 78.4 Å². The molecule has 10 heterocycles. The highest BCUT2D eigenvalue weighted by atomic mass is 79.9. The van der Waals surface area contributed by atoms with E-state index in [9.17, 15) is 29.4 Å². The molecule has 0 aromatic carbocycles. The Morgan fingerprint density at radius 1 is 0.469 bits per heavy atom. The number of nitrogens with two attached hydrogens (primary N) is 4. The van der Waals surface area contributed by atoms with Crippen molar-refractivity contribution in [2.45, 2.75) is 59.6 Å². The predicted octanol–water partition coefficient (Wildman–Crippen LogP) is 0.488. The second-order valence-electron chi connectivity index (χ2n) is 20.6. The molecular formula is C44H46Br8N20O9. The number of nitrogens with one attached hydrogen (secondary N) is 12. The van der Waals surface area contributed by atoms with E-state index in [1.54, 1.807) is 24.3 Å². The lowest BCUT2D eigenvalue weighted by Gasteiger charge is -2.54. The Bertz CT molecular complexity index is 3150. The van der Waals surface area contributed by atoms with Crippen molar-refractivity contribution in [1.82, 2.24) is 62.5 Å². The fourth-order valence-electron chi connectivity index (χ4n) is 13.4. The normalized spacial score (nSPS) is 35.5. The molecule has 16 atom stereocenters. The lowest BCUT2D eigenvalue weighted by Crippen LogP contribution is -2.78. The molecule has 4 aromatic heterocycles. The second kappa shape index (κ2) is 20.8. The van der Waals surface area contributed by atoms with E-state index in [1.807, 2.05) is 0 Å². The van der Waals surface area contributed by atoms with E-state index in [-0.39, 0.29) is 72.8 Å². The number of nitrogens with zero attached hydrogens (tertiary/aromatic N) is 4. The molecule has 4 aromatic rings. The molecule has 22 N–H and O–H groups in total. The van der Waals surface area contributed by atoms with E-state index in [0.717, 1.165) is 0 Å². The molecule has 8 aliphatic rings. The molecule has 0 radical (unpaired) electrons. The number of guanidine groups is 4. The zero-order valence-corrected chi connectivity index (χ0v) is 53.6. The summed E-state index contributed by atoms with van der Waals surface area (Å²) < 4.78 is 25.4. The first-order chi connectivity index (χ1) is 38.4. The van der Waals surface area contributed by atoms with Crippen LogP contribution in [0.4, 0.5) is 0 Å². The summed E-state index contributed by atoms with van der Waals surface area (Å²) in [5.74, 6) is -9.17. The summed E-state index contributed by atoms with van der Waals surface area (Å²) in [6, 6.07) is 6.32. The SMILES string of the molecule is NC1=N[C@@H]2O[C@@H]3N=C(N)N[C@@]34[C@H](O[C@H]3C(CNC(=O)c5cc(Br)c(Br)[nH]5)[C@@H](CNC(=O)c5cc(Br)c(Br)[nH]5)[C@@H]5[C@]6(O)NC(N)=N[C@@H]6O[C@@H]6N=C(N)N[C@]563)[C@H](CNC(=O)c3cc(Br)c(Br)[nH]3)[C@@H](CNC(=O)c3cc(Br)c(Br)[nH]3)[C@@H]4[C@]2(O)N1. The molecule has 12 rings (SSSR count). The van der Waals surface area contributed by atoms with E-state index < -0.39 is 119 Å². The largest absolute Gasteiger partial charge is 0.370 e. The Balaban J connectivity index is 1.03. The molecule has 6 aliphatic heterocycles. The Hall–Kier alpha value is -4.28. The number of hydrogen-bond acceptors (Lipinski definition) is 21. The third-order valence-electron chi connectivity index (χ3n) is 16.3. The highest BCUT2D eigenvalue weighted by Crippen LogP contribution is 2.63. The van der Waals surface area contributed by atoms with Crippen LogP contribution in [0.5, 0.6) is 0 Å². The van der Waals surface area contributed by atoms with Gasteiger partial charge >= 0.3 is 0 Å². The smallest absolute Gasteiger partial charge is 0.267 e. The average molecular weight is 1640 g/mol. The van der Waals surface area contributed by atoms with Crippen molar-refractivity contribution in [2.75, 3.05) is 26.2 Å². The van der Waals surface area contributed by atoms with Gasteiger partial charge < -0.3 is 110 Å². The maximum absolute atomic E-state index is 14.4. The number of H-pyrrole nitrogens is 4. The van der Waals surface area contributed by atoms with Crippen LogP contribution in [0.3, 0.4) is 0 Å². The van der Waals surface area contributed by atoms with Gasteiger partial charge in [-0.15, -0.1) is 0 Å². The van der Waals surface area contributed by atoms with Crippen LogP contribution in [-0.2, 0) is 14.2 Å². The van der Waals surface area contributed by atoms with Crippen molar-refractivity contribution >= 4 is 175 Å². The minimum atomic E-state index is -2.20. The van der Waals surface area contributed by atoms with Crippen LogP contribution in [0.15, 0.2) is 80.5 Å². The second-order valence-corrected chi connectivity index (χ2v) is 27.2. The Kier molecular flexibility index (Phi) is 14.6. The van der Waals surface area contributed by atoms with Crippen molar-refractivity contribution in [3.63, 3.8) is 0 Å². The number of aromatic amines is 4. The van der Waals surface area contributed by atoms with Gasteiger partial charge in [0.05, 0.1) is 48.5 Å². The first-order valence-corrected chi connectivity index (χ1v) is 30.9. The van der Waals surface area contributed by atoms with Gasteiger partial charge in [0.1, 0.15) is 33.9 Å². The fraction of sp³-hybridized carbons (Fsp3) is 0.455. The van der Waals surface area contributed by atoms with Crippen molar-refractivity contribution in [1.29, 1.82) is 0 Å². The molecule has 2 aliphatic carbocycles.